The lowest BCUT2D eigenvalue weighted by atomic mass is 10.2. The zero-order chi connectivity index (χ0) is 18.9. The summed E-state index contributed by atoms with van der Waals surface area (Å²) in [6, 6.07) is 16.4. The quantitative estimate of drug-likeness (QED) is 0.665. The van der Waals surface area contributed by atoms with E-state index in [-0.39, 0.29) is 25.7 Å². The zero-order valence-electron chi connectivity index (χ0n) is 14.4. The molecule has 1 N–H and O–H groups in total. The summed E-state index contributed by atoms with van der Waals surface area (Å²) in [5, 5.41) is 4.29. The summed E-state index contributed by atoms with van der Waals surface area (Å²) >= 11 is 5.79. The van der Waals surface area contributed by atoms with Crippen molar-refractivity contribution in [1.82, 2.24) is 10.3 Å². The van der Waals surface area contributed by atoms with Crippen LogP contribution in [0.25, 0.3) is 10.9 Å². The Morgan fingerprint density at radius 2 is 1.85 bits per heavy atom. The van der Waals surface area contributed by atoms with Crippen LogP contribution in [0, 0.1) is 11.8 Å². The molecule has 1 amide bonds. The van der Waals surface area contributed by atoms with Crippen molar-refractivity contribution < 1.29 is 14.3 Å². The van der Waals surface area contributed by atoms with Crippen LogP contribution in [0.15, 0.2) is 60.8 Å². The van der Waals surface area contributed by atoms with E-state index in [9.17, 15) is 4.79 Å². The number of para-hydroxylation sites is 1. The minimum Gasteiger partial charge on any atom is -0.484 e. The van der Waals surface area contributed by atoms with Crippen molar-refractivity contribution in [3.63, 3.8) is 0 Å². The number of aromatic nitrogens is 1. The predicted octanol–water partition coefficient (Wildman–Crippen LogP) is 3.47. The highest BCUT2D eigenvalue weighted by Gasteiger charge is 2.02. The summed E-state index contributed by atoms with van der Waals surface area (Å²) < 4.78 is 11.0. The molecule has 2 aromatic carbocycles. The van der Waals surface area contributed by atoms with Crippen LogP contribution in [0.5, 0.6) is 11.5 Å². The van der Waals surface area contributed by atoms with Gasteiger partial charge in [0, 0.05) is 16.6 Å². The van der Waals surface area contributed by atoms with E-state index in [1.807, 2.05) is 30.3 Å². The Balaban J connectivity index is 1.39. The van der Waals surface area contributed by atoms with Crippen LogP contribution in [0.3, 0.4) is 0 Å². The van der Waals surface area contributed by atoms with E-state index in [1.54, 1.807) is 30.5 Å². The van der Waals surface area contributed by atoms with Crippen molar-refractivity contribution in [3.05, 3.63) is 65.8 Å². The molecule has 0 aliphatic carbocycles. The Morgan fingerprint density at radius 3 is 2.70 bits per heavy atom. The molecule has 3 aromatic rings. The Kier molecular flexibility index (Phi) is 6.50. The van der Waals surface area contributed by atoms with Gasteiger partial charge in [-0.25, -0.2) is 0 Å². The maximum atomic E-state index is 11.7. The molecule has 1 heterocycles. The van der Waals surface area contributed by atoms with Crippen LogP contribution >= 0.6 is 11.6 Å². The molecule has 5 nitrogen and oxygen atoms in total. The van der Waals surface area contributed by atoms with Gasteiger partial charge in [-0.3, -0.25) is 9.78 Å². The first-order valence-corrected chi connectivity index (χ1v) is 8.67. The summed E-state index contributed by atoms with van der Waals surface area (Å²) in [6.07, 6.45) is 1.72. The molecule has 0 spiro atoms. The van der Waals surface area contributed by atoms with Crippen LogP contribution in [0.4, 0.5) is 0 Å². The van der Waals surface area contributed by atoms with E-state index in [0.717, 1.165) is 10.9 Å². The molecular formula is C21H17ClN2O3. The summed E-state index contributed by atoms with van der Waals surface area (Å²) in [4.78, 5) is 16.0. The number of carbonyl (C=O) groups excluding carboxylic acids is 1. The lowest BCUT2D eigenvalue weighted by Crippen LogP contribution is -2.29. The molecule has 0 aliphatic heterocycles. The predicted molar refractivity (Wildman–Crippen MR) is 105 cm³/mol. The Hall–Kier alpha value is -3.23. The molecule has 1 aromatic heterocycles. The third-order valence-corrected chi connectivity index (χ3v) is 3.83. The van der Waals surface area contributed by atoms with Gasteiger partial charge >= 0.3 is 0 Å². The maximum Gasteiger partial charge on any atom is 0.258 e. The smallest absolute Gasteiger partial charge is 0.258 e. The topological polar surface area (TPSA) is 60.5 Å². The van der Waals surface area contributed by atoms with E-state index < -0.39 is 0 Å². The van der Waals surface area contributed by atoms with Gasteiger partial charge in [0.05, 0.1) is 6.54 Å². The number of nitrogens with zero attached hydrogens (tertiary/aromatic N) is 1. The van der Waals surface area contributed by atoms with E-state index >= 15 is 0 Å². The third kappa shape index (κ3) is 5.63. The van der Waals surface area contributed by atoms with Gasteiger partial charge in [0.1, 0.15) is 23.6 Å². The number of nitrogens with one attached hydrogen (secondary N) is 1. The van der Waals surface area contributed by atoms with E-state index in [2.05, 4.69) is 22.1 Å². The highest BCUT2D eigenvalue weighted by molar-refractivity contribution is 6.30. The average Bonchev–Trinajstić information content (AvgIpc) is 2.70. The molecular weight excluding hydrogens is 364 g/mol. The van der Waals surface area contributed by atoms with Gasteiger partial charge in [-0.2, -0.15) is 0 Å². The molecule has 6 heteroatoms. The fraction of sp³-hybridized carbons (Fsp3) is 0.143. The van der Waals surface area contributed by atoms with Crippen LogP contribution in [-0.2, 0) is 4.79 Å². The van der Waals surface area contributed by atoms with Crippen LogP contribution < -0.4 is 14.8 Å². The van der Waals surface area contributed by atoms with Gasteiger partial charge in [-0.05, 0) is 36.4 Å². The summed E-state index contributed by atoms with van der Waals surface area (Å²) in [7, 11) is 0. The molecule has 136 valence electrons. The number of hydrogen-bond acceptors (Lipinski definition) is 4. The van der Waals surface area contributed by atoms with Crippen molar-refractivity contribution >= 4 is 28.4 Å². The van der Waals surface area contributed by atoms with Crippen molar-refractivity contribution in [2.24, 2.45) is 0 Å². The second-order valence-electron chi connectivity index (χ2n) is 5.49. The van der Waals surface area contributed by atoms with Crippen molar-refractivity contribution in [3.8, 4) is 23.3 Å². The van der Waals surface area contributed by atoms with Gasteiger partial charge in [0.15, 0.2) is 6.61 Å². The first-order valence-electron chi connectivity index (χ1n) is 8.30. The second kappa shape index (κ2) is 9.46. The minimum absolute atomic E-state index is 0.0819. The monoisotopic (exact) mass is 380 g/mol. The van der Waals surface area contributed by atoms with Crippen molar-refractivity contribution in [2.45, 2.75) is 0 Å². The largest absolute Gasteiger partial charge is 0.484 e. The molecule has 27 heavy (non-hydrogen) atoms. The number of pyridine rings is 1. The highest BCUT2D eigenvalue weighted by atomic mass is 35.5. The normalized spacial score (nSPS) is 9.96. The lowest BCUT2D eigenvalue weighted by molar-refractivity contribution is -0.122. The summed E-state index contributed by atoms with van der Waals surface area (Å²) in [5.41, 5.74) is 0.800. The van der Waals surface area contributed by atoms with Gasteiger partial charge in [0.25, 0.3) is 5.91 Å². The van der Waals surface area contributed by atoms with Gasteiger partial charge < -0.3 is 14.8 Å². The number of fused-ring (bicyclic) bond motifs is 1. The fourth-order valence-electron chi connectivity index (χ4n) is 2.29. The number of rotatable bonds is 6. The number of benzene rings is 2. The number of carbonyl (C=O) groups is 1. The zero-order valence-corrected chi connectivity index (χ0v) is 15.2. The molecule has 0 unspecified atom stereocenters. The molecule has 0 saturated carbocycles. The Morgan fingerprint density at radius 1 is 1.04 bits per heavy atom. The number of hydrogen-bond donors (Lipinski definition) is 1. The van der Waals surface area contributed by atoms with Crippen molar-refractivity contribution in [2.75, 3.05) is 19.8 Å². The van der Waals surface area contributed by atoms with Gasteiger partial charge in [-0.15, -0.1) is 0 Å². The van der Waals surface area contributed by atoms with E-state index in [4.69, 9.17) is 21.1 Å². The molecule has 0 radical (unpaired) electrons. The lowest BCUT2D eigenvalue weighted by Gasteiger charge is -2.06. The van der Waals surface area contributed by atoms with Crippen LogP contribution in [0.1, 0.15) is 0 Å². The summed E-state index contributed by atoms with van der Waals surface area (Å²) in [6.45, 7) is 0.355. The summed E-state index contributed by atoms with van der Waals surface area (Å²) in [5.74, 6) is 6.72. The van der Waals surface area contributed by atoms with Gasteiger partial charge in [0.2, 0.25) is 0 Å². The van der Waals surface area contributed by atoms with Crippen molar-refractivity contribution in [1.29, 1.82) is 0 Å². The Bertz CT molecular complexity index is 973. The SMILES string of the molecule is O=C(COc1ccc(Cl)cc1)NCC#CCOc1cccc2cccnc12. The maximum absolute atomic E-state index is 11.7. The number of halogens is 1. The number of ether oxygens (including phenoxy) is 2. The second-order valence-corrected chi connectivity index (χ2v) is 5.93. The van der Waals surface area contributed by atoms with Crippen LogP contribution in [0.2, 0.25) is 5.02 Å². The van der Waals surface area contributed by atoms with E-state index in [0.29, 0.717) is 16.5 Å². The minimum atomic E-state index is -0.251. The van der Waals surface area contributed by atoms with E-state index in [1.165, 1.54) is 0 Å². The average molecular weight is 381 g/mol. The van der Waals surface area contributed by atoms with Gasteiger partial charge in [-0.1, -0.05) is 41.6 Å². The third-order valence-electron chi connectivity index (χ3n) is 3.58. The molecule has 0 bridgehead atoms. The highest BCUT2D eigenvalue weighted by Crippen LogP contribution is 2.22. The standard InChI is InChI=1S/C21H17ClN2O3/c22-17-8-10-18(11-9-17)27-15-20(25)23-12-1-2-14-26-19-7-3-5-16-6-4-13-24-21(16)19/h3-11,13H,12,14-15H2,(H,23,25). The number of amides is 1. The Labute approximate surface area is 162 Å². The first-order chi connectivity index (χ1) is 13.2. The molecule has 3 rings (SSSR count). The molecule has 0 fully saturated rings. The molecule has 0 aliphatic rings. The van der Waals surface area contributed by atoms with Crippen LogP contribution in [-0.4, -0.2) is 30.6 Å². The molecule has 0 saturated heterocycles. The first kappa shape index (κ1) is 18.6. The fourth-order valence-corrected chi connectivity index (χ4v) is 2.42. The molecule has 0 atom stereocenters.